The highest BCUT2D eigenvalue weighted by atomic mass is 16.2. The van der Waals surface area contributed by atoms with E-state index in [0.717, 1.165) is 11.0 Å². The molecule has 0 aliphatic rings. The molecule has 0 fully saturated rings. The summed E-state index contributed by atoms with van der Waals surface area (Å²) in [5, 5.41) is 6.82. The van der Waals surface area contributed by atoms with Gasteiger partial charge in [-0.1, -0.05) is 12.1 Å². The van der Waals surface area contributed by atoms with E-state index in [0.29, 0.717) is 11.6 Å². The van der Waals surface area contributed by atoms with Crippen molar-refractivity contribution in [3.8, 4) is 0 Å². The monoisotopic (exact) mass is 255 g/mol. The van der Waals surface area contributed by atoms with Gasteiger partial charge in [-0.05, 0) is 18.2 Å². The number of carbonyl (C=O) groups excluding carboxylic acids is 1. The Morgan fingerprint density at radius 2 is 2.00 bits per heavy atom. The molecule has 0 atom stereocenters. The van der Waals surface area contributed by atoms with E-state index >= 15 is 0 Å². The van der Waals surface area contributed by atoms with Gasteiger partial charge >= 0.3 is 0 Å². The quantitative estimate of drug-likeness (QED) is 0.755. The average molecular weight is 255 g/mol. The molecule has 6 nitrogen and oxygen atoms in total. The maximum Gasteiger partial charge on any atom is 0.278 e. The molecule has 0 radical (unpaired) electrons. The van der Waals surface area contributed by atoms with E-state index in [9.17, 15) is 4.79 Å². The molecule has 1 amide bonds. The van der Waals surface area contributed by atoms with Crippen LogP contribution in [0.3, 0.4) is 0 Å². The van der Waals surface area contributed by atoms with E-state index in [-0.39, 0.29) is 5.91 Å². The van der Waals surface area contributed by atoms with Gasteiger partial charge in [0.2, 0.25) is 5.95 Å². The smallest absolute Gasteiger partial charge is 0.278 e. The minimum absolute atomic E-state index is 0.265. The maximum absolute atomic E-state index is 12.0. The molecule has 3 aromatic rings. The molecular formula is C13H13N5O. The minimum Gasteiger partial charge on any atom is -0.313 e. The number of rotatable bonds is 2. The van der Waals surface area contributed by atoms with Crippen molar-refractivity contribution in [2.45, 2.75) is 0 Å². The lowest BCUT2D eigenvalue weighted by Gasteiger charge is -2.02. The Kier molecular flexibility index (Phi) is 2.56. The van der Waals surface area contributed by atoms with E-state index in [4.69, 9.17) is 0 Å². The third kappa shape index (κ3) is 1.97. The Morgan fingerprint density at radius 3 is 2.68 bits per heavy atom. The molecule has 0 unspecified atom stereocenters. The van der Waals surface area contributed by atoms with Gasteiger partial charge in [0, 0.05) is 20.3 Å². The summed E-state index contributed by atoms with van der Waals surface area (Å²) >= 11 is 0. The first-order chi connectivity index (χ1) is 9.15. The third-order valence-corrected chi connectivity index (χ3v) is 2.96. The van der Waals surface area contributed by atoms with Gasteiger partial charge in [0.25, 0.3) is 5.91 Å². The molecule has 0 spiro atoms. The lowest BCUT2D eigenvalue weighted by Crippen LogP contribution is -2.15. The van der Waals surface area contributed by atoms with Gasteiger partial charge in [0.05, 0.1) is 11.0 Å². The zero-order valence-corrected chi connectivity index (χ0v) is 10.7. The number of hydrogen-bond donors (Lipinski definition) is 1. The number of para-hydroxylation sites is 2. The molecular weight excluding hydrogens is 242 g/mol. The maximum atomic E-state index is 12.0. The number of benzene rings is 1. The van der Waals surface area contributed by atoms with Crippen LogP contribution in [0.1, 0.15) is 10.5 Å². The van der Waals surface area contributed by atoms with Crippen molar-refractivity contribution in [2.75, 3.05) is 5.32 Å². The van der Waals surface area contributed by atoms with Gasteiger partial charge < -0.3 is 4.57 Å². The van der Waals surface area contributed by atoms with Crippen molar-refractivity contribution in [1.29, 1.82) is 0 Å². The van der Waals surface area contributed by atoms with Crippen molar-refractivity contribution >= 4 is 22.9 Å². The zero-order valence-electron chi connectivity index (χ0n) is 10.7. The highest BCUT2D eigenvalue weighted by molar-refractivity contribution is 6.02. The highest BCUT2D eigenvalue weighted by Gasteiger charge is 2.13. The molecule has 2 heterocycles. The van der Waals surface area contributed by atoms with Gasteiger partial charge in [-0.15, -0.1) is 0 Å². The van der Waals surface area contributed by atoms with Crippen LogP contribution < -0.4 is 5.32 Å². The normalized spacial score (nSPS) is 10.8. The van der Waals surface area contributed by atoms with Crippen LogP contribution in [0.15, 0.2) is 36.5 Å². The van der Waals surface area contributed by atoms with Crippen LogP contribution in [0.2, 0.25) is 0 Å². The first kappa shape index (κ1) is 11.5. The predicted molar refractivity (Wildman–Crippen MR) is 71.9 cm³/mol. The van der Waals surface area contributed by atoms with Gasteiger partial charge in [0.1, 0.15) is 0 Å². The standard InChI is InChI=1S/C13H13N5O/c1-17-8-7-10(16-17)12(19)15-13-14-9-5-3-4-6-11(9)18(13)2/h3-8H,1-2H3,(H,14,15,19). The molecule has 3 rings (SSSR count). The number of aryl methyl sites for hydroxylation is 2. The summed E-state index contributed by atoms with van der Waals surface area (Å²) < 4.78 is 3.43. The summed E-state index contributed by atoms with van der Waals surface area (Å²) in [7, 11) is 3.63. The Hall–Kier alpha value is -2.63. The van der Waals surface area contributed by atoms with Crippen LogP contribution in [-0.4, -0.2) is 25.2 Å². The van der Waals surface area contributed by atoms with Gasteiger partial charge in [0.15, 0.2) is 5.69 Å². The lowest BCUT2D eigenvalue weighted by atomic mass is 10.3. The molecule has 0 aliphatic carbocycles. The first-order valence-electron chi connectivity index (χ1n) is 5.87. The average Bonchev–Trinajstić information content (AvgIpc) is 2.96. The molecule has 19 heavy (non-hydrogen) atoms. The summed E-state index contributed by atoms with van der Waals surface area (Å²) in [5.74, 6) is 0.246. The second-order valence-electron chi connectivity index (χ2n) is 4.31. The molecule has 6 heteroatoms. The fourth-order valence-corrected chi connectivity index (χ4v) is 1.96. The van der Waals surface area contributed by atoms with Crippen LogP contribution in [0, 0.1) is 0 Å². The number of carbonyl (C=O) groups is 1. The van der Waals surface area contributed by atoms with E-state index in [1.54, 1.807) is 24.0 Å². The number of fused-ring (bicyclic) bond motifs is 1. The molecule has 96 valence electrons. The summed E-state index contributed by atoms with van der Waals surface area (Å²) in [6.45, 7) is 0. The Labute approximate surface area is 109 Å². The van der Waals surface area contributed by atoms with Crippen LogP contribution in [0.4, 0.5) is 5.95 Å². The molecule has 2 aromatic heterocycles. The number of aromatic nitrogens is 4. The number of amides is 1. The largest absolute Gasteiger partial charge is 0.313 e. The van der Waals surface area contributed by atoms with Crippen molar-refractivity contribution in [3.63, 3.8) is 0 Å². The minimum atomic E-state index is -0.265. The molecule has 0 saturated heterocycles. The van der Waals surface area contributed by atoms with Gasteiger partial charge in [-0.3, -0.25) is 14.8 Å². The Morgan fingerprint density at radius 1 is 1.21 bits per heavy atom. The second-order valence-corrected chi connectivity index (χ2v) is 4.31. The first-order valence-corrected chi connectivity index (χ1v) is 5.87. The van der Waals surface area contributed by atoms with Crippen LogP contribution in [0.25, 0.3) is 11.0 Å². The van der Waals surface area contributed by atoms with Crippen molar-refractivity contribution in [1.82, 2.24) is 19.3 Å². The van der Waals surface area contributed by atoms with Crippen LogP contribution >= 0.6 is 0 Å². The second kappa shape index (κ2) is 4.24. The predicted octanol–water partition coefficient (Wildman–Crippen LogP) is 1.56. The SMILES string of the molecule is Cn1ccc(C(=O)Nc2nc3ccccc3n2C)n1. The third-order valence-electron chi connectivity index (χ3n) is 2.96. The van der Waals surface area contributed by atoms with Crippen molar-refractivity contribution in [2.24, 2.45) is 14.1 Å². The summed E-state index contributed by atoms with van der Waals surface area (Å²) in [6.07, 6.45) is 1.73. The Balaban J connectivity index is 1.93. The summed E-state index contributed by atoms with van der Waals surface area (Å²) in [6, 6.07) is 9.39. The molecule has 0 saturated carbocycles. The number of anilines is 1. The number of nitrogens with one attached hydrogen (secondary N) is 1. The summed E-state index contributed by atoms with van der Waals surface area (Å²) in [4.78, 5) is 16.4. The molecule has 1 N–H and O–H groups in total. The van der Waals surface area contributed by atoms with E-state index in [1.807, 2.05) is 35.9 Å². The van der Waals surface area contributed by atoms with Crippen LogP contribution in [0.5, 0.6) is 0 Å². The topological polar surface area (TPSA) is 64.7 Å². The van der Waals surface area contributed by atoms with E-state index in [1.165, 1.54) is 0 Å². The van der Waals surface area contributed by atoms with E-state index in [2.05, 4.69) is 15.4 Å². The lowest BCUT2D eigenvalue weighted by molar-refractivity contribution is 0.102. The number of imidazole rings is 1. The van der Waals surface area contributed by atoms with Crippen molar-refractivity contribution in [3.05, 3.63) is 42.2 Å². The summed E-state index contributed by atoms with van der Waals surface area (Å²) in [5.41, 5.74) is 2.19. The van der Waals surface area contributed by atoms with Crippen molar-refractivity contribution < 1.29 is 4.79 Å². The molecule has 0 bridgehead atoms. The highest BCUT2D eigenvalue weighted by Crippen LogP contribution is 2.17. The van der Waals surface area contributed by atoms with Gasteiger partial charge in [-0.2, -0.15) is 5.10 Å². The number of nitrogens with zero attached hydrogens (tertiary/aromatic N) is 4. The van der Waals surface area contributed by atoms with Crippen LogP contribution in [-0.2, 0) is 14.1 Å². The van der Waals surface area contributed by atoms with Gasteiger partial charge in [-0.25, -0.2) is 4.98 Å². The fourth-order valence-electron chi connectivity index (χ4n) is 1.96. The molecule has 0 aliphatic heterocycles. The van der Waals surface area contributed by atoms with E-state index < -0.39 is 0 Å². The Bertz CT molecular complexity index is 755. The number of hydrogen-bond acceptors (Lipinski definition) is 3. The fraction of sp³-hybridized carbons (Fsp3) is 0.154. The zero-order chi connectivity index (χ0) is 13.4. The molecule has 1 aromatic carbocycles.